The molecule has 0 radical (unpaired) electrons. The normalized spacial score (nSPS) is 13.1. The molecule has 1 aliphatic heterocycles. The number of methoxy groups -OCH3 is 1. The van der Waals surface area contributed by atoms with Crippen molar-refractivity contribution in [2.24, 2.45) is 0 Å². The van der Waals surface area contributed by atoms with E-state index in [-0.39, 0.29) is 18.1 Å². The summed E-state index contributed by atoms with van der Waals surface area (Å²) in [5, 5.41) is 0.614. The lowest BCUT2D eigenvalue weighted by molar-refractivity contribution is 0.0746. The van der Waals surface area contributed by atoms with Crippen molar-refractivity contribution in [3.05, 3.63) is 57.7 Å². The zero-order chi connectivity index (χ0) is 17.6. The van der Waals surface area contributed by atoms with E-state index in [9.17, 15) is 9.59 Å². The Kier molecular flexibility index (Phi) is 3.38. The average molecular weight is 338 g/mol. The van der Waals surface area contributed by atoms with Gasteiger partial charge in [-0.25, -0.2) is 14.8 Å². The van der Waals surface area contributed by atoms with E-state index in [0.717, 1.165) is 5.56 Å². The van der Waals surface area contributed by atoms with E-state index in [0.29, 0.717) is 29.0 Å². The summed E-state index contributed by atoms with van der Waals surface area (Å²) in [5.74, 6) is 0.174. The summed E-state index contributed by atoms with van der Waals surface area (Å²) in [4.78, 5) is 34.7. The highest BCUT2D eigenvalue weighted by Crippen LogP contribution is 2.26. The molecule has 1 amide bonds. The Morgan fingerprint density at radius 2 is 2.20 bits per heavy atom. The van der Waals surface area contributed by atoms with Crippen molar-refractivity contribution < 1.29 is 13.9 Å². The van der Waals surface area contributed by atoms with Crippen LogP contribution in [0.15, 0.2) is 39.7 Å². The molecule has 3 heterocycles. The third-order valence-corrected chi connectivity index (χ3v) is 4.14. The number of anilines is 1. The molecule has 0 spiro atoms. The minimum atomic E-state index is -0.705. The number of hydrogen-bond donors (Lipinski definition) is 1. The molecule has 2 aromatic heterocycles. The second kappa shape index (κ2) is 5.59. The number of carbonyl (C=O) groups excluding carboxylic acids is 1. The molecule has 126 valence electrons. The van der Waals surface area contributed by atoms with Crippen LogP contribution < -0.4 is 16.1 Å². The van der Waals surface area contributed by atoms with Crippen molar-refractivity contribution in [1.29, 1.82) is 0 Å². The number of carbonyl (C=O) groups is 1. The molecule has 0 fully saturated rings. The first-order valence-electron chi connectivity index (χ1n) is 7.57. The van der Waals surface area contributed by atoms with Crippen molar-refractivity contribution in [2.45, 2.75) is 13.1 Å². The standard InChI is InChI=1S/C17H14N4O4/c1-24-13-4-2-3-9-5-11(16(23)25-14(9)13)15(22)21-7-10-6-19-17(18)20-12(10)8-21/h2-6H,7-8H2,1H3,(H2,18,19,20). The summed E-state index contributed by atoms with van der Waals surface area (Å²) in [6.07, 6.45) is 1.60. The van der Waals surface area contributed by atoms with Crippen LogP contribution in [0.1, 0.15) is 21.6 Å². The number of nitrogens with zero attached hydrogens (tertiary/aromatic N) is 3. The van der Waals surface area contributed by atoms with E-state index >= 15 is 0 Å². The maximum absolute atomic E-state index is 12.8. The Morgan fingerprint density at radius 3 is 3.00 bits per heavy atom. The van der Waals surface area contributed by atoms with Gasteiger partial charge in [0.05, 0.1) is 19.3 Å². The molecule has 0 saturated heterocycles. The van der Waals surface area contributed by atoms with Gasteiger partial charge in [0, 0.05) is 23.7 Å². The van der Waals surface area contributed by atoms with E-state index in [1.807, 2.05) is 0 Å². The van der Waals surface area contributed by atoms with Crippen LogP contribution in [-0.4, -0.2) is 27.9 Å². The number of fused-ring (bicyclic) bond motifs is 2. The number of para-hydroxylation sites is 1. The van der Waals surface area contributed by atoms with E-state index in [2.05, 4.69) is 9.97 Å². The maximum Gasteiger partial charge on any atom is 0.349 e. The fourth-order valence-electron chi connectivity index (χ4n) is 2.91. The Morgan fingerprint density at radius 1 is 1.36 bits per heavy atom. The highest BCUT2D eigenvalue weighted by atomic mass is 16.5. The Hall–Kier alpha value is -3.42. The number of ether oxygens (including phenoxy) is 1. The highest BCUT2D eigenvalue weighted by Gasteiger charge is 2.28. The van der Waals surface area contributed by atoms with E-state index in [4.69, 9.17) is 14.9 Å². The number of rotatable bonds is 2. The molecule has 0 atom stereocenters. The summed E-state index contributed by atoms with van der Waals surface area (Å²) in [5.41, 5.74) is 6.65. The average Bonchev–Trinajstić information content (AvgIpc) is 3.03. The van der Waals surface area contributed by atoms with Crippen LogP contribution in [0, 0.1) is 0 Å². The lowest BCUT2D eigenvalue weighted by Gasteiger charge is -2.14. The van der Waals surface area contributed by atoms with Crippen molar-refractivity contribution in [2.75, 3.05) is 12.8 Å². The monoisotopic (exact) mass is 338 g/mol. The number of aromatic nitrogens is 2. The molecular formula is C17H14N4O4. The first kappa shape index (κ1) is 15.1. The number of benzene rings is 1. The zero-order valence-electron chi connectivity index (χ0n) is 13.4. The SMILES string of the molecule is COc1cccc2cc(C(=O)N3Cc4cnc(N)nc4C3)c(=O)oc12. The molecule has 3 aromatic rings. The van der Waals surface area contributed by atoms with E-state index in [1.54, 1.807) is 24.4 Å². The number of amides is 1. The number of nitrogen functional groups attached to an aromatic ring is 1. The van der Waals surface area contributed by atoms with Crippen molar-refractivity contribution in [3.63, 3.8) is 0 Å². The van der Waals surface area contributed by atoms with Gasteiger partial charge in [-0.05, 0) is 12.1 Å². The summed E-state index contributed by atoms with van der Waals surface area (Å²) in [6.45, 7) is 0.598. The number of hydrogen-bond acceptors (Lipinski definition) is 7. The topological polar surface area (TPSA) is 112 Å². The summed E-state index contributed by atoms with van der Waals surface area (Å²) < 4.78 is 10.5. The molecule has 0 aliphatic carbocycles. The van der Waals surface area contributed by atoms with Gasteiger partial charge in [-0.3, -0.25) is 4.79 Å². The summed E-state index contributed by atoms with van der Waals surface area (Å²) in [6, 6.07) is 6.73. The Bertz CT molecular complexity index is 1060. The highest BCUT2D eigenvalue weighted by molar-refractivity contribution is 5.97. The van der Waals surface area contributed by atoms with Gasteiger partial charge >= 0.3 is 5.63 Å². The molecule has 25 heavy (non-hydrogen) atoms. The van der Waals surface area contributed by atoms with Gasteiger partial charge in [0.25, 0.3) is 5.91 Å². The van der Waals surface area contributed by atoms with Crippen LogP contribution in [0.3, 0.4) is 0 Å². The lowest BCUT2D eigenvalue weighted by Crippen LogP contribution is -2.29. The van der Waals surface area contributed by atoms with Gasteiger partial charge in [-0.1, -0.05) is 12.1 Å². The smallest absolute Gasteiger partial charge is 0.349 e. The van der Waals surface area contributed by atoms with Gasteiger partial charge in [-0.2, -0.15) is 0 Å². The van der Waals surface area contributed by atoms with Crippen LogP contribution in [0.2, 0.25) is 0 Å². The van der Waals surface area contributed by atoms with Crippen LogP contribution in [-0.2, 0) is 13.1 Å². The van der Waals surface area contributed by atoms with Gasteiger partial charge in [0.1, 0.15) is 5.56 Å². The minimum Gasteiger partial charge on any atom is -0.493 e. The third kappa shape index (κ3) is 2.47. The minimum absolute atomic E-state index is 0.0329. The van der Waals surface area contributed by atoms with E-state index < -0.39 is 11.5 Å². The van der Waals surface area contributed by atoms with Crippen LogP contribution in [0.5, 0.6) is 5.75 Å². The fraction of sp³-hybridized carbons (Fsp3) is 0.176. The largest absolute Gasteiger partial charge is 0.493 e. The molecule has 8 nitrogen and oxygen atoms in total. The predicted molar refractivity (Wildman–Crippen MR) is 89.1 cm³/mol. The van der Waals surface area contributed by atoms with E-state index in [1.165, 1.54) is 18.1 Å². The third-order valence-electron chi connectivity index (χ3n) is 4.14. The first-order valence-corrected chi connectivity index (χ1v) is 7.57. The molecule has 1 aliphatic rings. The number of nitrogens with two attached hydrogens (primary N) is 1. The molecule has 2 N–H and O–H groups in total. The molecular weight excluding hydrogens is 324 g/mol. The van der Waals surface area contributed by atoms with Crippen molar-refractivity contribution in [1.82, 2.24) is 14.9 Å². The van der Waals surface area contributed by atoms with Crippen molar-refractivity contribution >= 4 is 22.8 Å². The van der Waals surface area contributed by atoms with Gasteiger partial charge in [0.2, 0.25) is 5.95 Å². The van der Waals surface area contributed by atoms with Crippen molar-refractivity contribution in [3.8, 4) is 5.75 Å². The van der Waals surface area contributed by atoms with Gasteiger partial charge in [0.15, 0.2) is 11.3 Å². The molecule has 0 unspecified atom stereocenters. The lowest BCUT2D eigenvalue weighted by atomic mass is 10.1. The first-order chi connectivity index (χ1) is 12.1. The summed E-state index contributed by atoms with van der Waals surface area (Å²) >= 11 is 0. The second-order valence-corrected chi connectivity index (χ2v) is 5.69. The van der Waals surface area contributed by atoms with Crippen LogP contribution >= 0.6 is 0 Å². The maximum atomic E-state index is 12.8. The quantitative estimate of drug-likeness (QED) is 0.702. The van der Waals surface area contributed by atoms with Gasteiger partial charge in [-0.15, -0.1) is 0 Å². The van der Waals surface area contributed by atoms with Gasteiger partial charge < -0.3 is 19.8 Å². The predicted octanol–water partition coefficient (Wildman–Crippen LogP) is 1.33. The second-order valence-electron chi connectivity index (χ2n) is 5.69. The fourth-order valence-corrected chi connectivity index (χ4v) is 2.91. The molecule has 8 heteroatoms. The van der Waals surface area contributed by atoms with Crippen LogP contribution in [0.25, 0.3) is 11.0 Å². The molecule has 4 rings (SSSR count). The van der Waals surface area contributed by atoms with Crippen LogP contribution in [0.4, 0.5) is 5.95 Å². The molecule has 0 bridgehead atoms. The molecule has 1 aromatic carbocycles. The zero-order valence-corrected chi connectivity index (χ0v) is 13.4. The molecule has 0 saturated carbocycles. The Labute approximate surface area is 141 Å². The Balaban J connectivity index is 1.72. The summed E-state index contributed by atoms with van der Waals surface area (Å²) in [7, 11) is 1.49.